The van der Waals surface area contributed by atoms with Crippen molar-refractivity contribution in [3.8, 4) is 11.5 Å². The van der Waals surface area contributed by atoms with Crippen molar-refractivity contribution < 1.29 is 14.3 Å². The van der Waals surface area contributed by atoms with E-state index in [4.69, 9.17) is 9.47 Å². The summed E-state index contributed by atoms with van der Waals surface area (Å²) in [6.45, 7) is 2.71. The third-order valence-corrected chi connectivity index (χ3v) is 5.82. The van der Waals surface area contributed by atoms with Crippen LogP contribution in [-0.4, -0.2) is 62.7 Å². The Morgan fingerprint density at radius 1 is 1.22 bits per heavy atom. The number of nitrogens with zero attached hydrogens (tertiary/aromatic N) is 2. The van der Waals surface area contributed by atoms with E-state index in [-0.39, 0.29) is 5.91 Å². The second-order valence-electron chi connectivity index (χ2n) is 7.59. The first-order chi connectivity index (χ1) is 13.1. The molecule has 0 saturated carbocycles. The summed E-state index contributed by atoms with van der Waals surface area (Å²) in [6.07, 6.45) is 8.47. The molecule has 1 heterocycles. The second-order valence-corrected chi connectivity index (χ2v) is 7.59. The van der Waals surface area contributed by atoms with Crippen LogP contribution in [0.1, 0.15) is 37.7 Å². The molecule has 1 aliphatic heterocycles. The maximum absolute atomic E-state index is 12.7. The van der Waals surface area contributed by atoms with Gasteiger partial charge >= 0.3 is 0 Å². The van der Waals surface area contributed by atoms with Gasteiger partial charge in [0.05, 0.1) is 14.2 Å². The summed E-state index contributed by atoms with van der Waals surface area (Å²) in [4.78, 5) is 17.2. The summed E-state index contributed by atoms with van der Waals surface area (Å²) in [5.74, 6) is 1.81. The number of rotatable bonds is 7. The number of likely N-dealkylation sites (tertiary alicyclic amines) is 1. The van der Waals surface area contributed by atoms with E-state index in [1.807, 2.05) is 6.07 Å². The molecule has 1 fully saturated rings. The van der Waals surface area contributed by atoms with Crippen molar-refractivity contribution >= 4 is 5.91 Å². The van der Waals surface area contributed by atoms with Crippen LogP contribution >= 0.6 is 0 Å². The molecule has 0 spiro atoms. The highest BCUT2D eigenvalue weighted by Crippen LogP contribution is 2.28. The molecular formula is C22H32N2O3. The molecular weight excluding hydrogens is 340 g/mol. The summed E-state index contributed by atoms with van der Waals surface area (Å²) >= 11 is 0. The highest BCUT2D eigenvalue weighted by molar-refractivity contribution is 5.93. The normalized spacial score (nSPS) is 19.9. The van der Waals surface area contributed by atoms with E-state index in [2.05, 4.69) is 35.1 Å². The van der Waals surface area contributed by atoms with Gasteiger partial charge in [0.1, 0.15) is 0 Å². The Hall–Kier alpha value is -2.01. The third kappa shape index (κ3) is 4.83. The number of benzene rings is 1. The summed E-state index contributed by atoms with van der Waals surface area (Å²) in [5, 5.41) is 0. The van der Waals surface area contributed by atoms with E-state index < -0.39 is 0 Å². The fourth-order valence-electron chi connectivity index (χ4n) is 4.09. The summed E-state index contributed by atoms with van der Waals surface area (Å²) in [6, 6.07) is 6.55. The van der Waals surface area contributed by atoms with Crippen LogP contribution in [0.4, 0.5) is 0 Å². The number of piperidine rings is 1. The van der Waals surface area contributed by atoms with Crippen molar-refractivity contribution in [3.63, 3.8) is 0 Å². The number of ether oxygens (including phenoxy) is 2. The average Bonchev–Trinajstić information content (AvgIpc) is 3.26. The number of hydrogen-bond acceptors (Lipinski definition) is 4. The minimum atomic E-state index is 0.269. The lowest BCUT2D eigenvalue weighted by atomic mass is 10.0. The third-order valence-electron chi connectivity index (χ3n) is 5.82. The van der Waals surface area contributed by atoms with Crippen LogP contribution in [0, 0.1) is 0 Å². The number of carbonyl (C=O) groups excluding carboxylic acids is 1. The van der Waals surface area contributed by atoms with Gasteiger partial charge in [-0.3, -0.25) is 4.79 Å². The summed E-state index contributed by atoms with van der Waals surface area (Å²) in [5.41, 5.74) is 2.27. The first kappa shape index (κ1) is 19.7. The van der Waals surface area contributed by atoms with E-state index in [1.165, 1.54) is 5.56 Å². The molecule has 3 rings (SSSR count). The minimum Gasteiger partial charge on any atom is -0.493 e. The van der Waals surface area contributed by atoms with Crippen molar-refractivity contribution in [1.29, 1.82) is 0 Å². The van der Waals surface area contributed by atoms with Gasteiger partial charge in [-0.15, -0.1) is 0 Å². The Morgan fingerprint density at radius 3 is 2.74 bits per heavy atom. The highest BCUT2D eigenvalue weighted by Gasteiger charge is 2.28. The van der Waals surface area contributed by atoms with E-state index in [0.29, 0.717) is 6.04 Å². The van der Waals surface area contributed by atoms with Gasteiger partial charge < -0.3 is 19.3 Å². The average molecular weight is 373 g/mol. The van der Waals surface area contributed by atoms with Gasteiger partial charge in [0, 0.05) is 31.2 Å². The molecule has 5 nitrogen and oxygen atoms in total. The van der Waals surface area contributed by atoms with Crippen molar-refractivity contribution in [2.45, 2.75) is 44.6 Å². The topological polar surface area (TPSA) is 42.0 Å². The fraction of sp³-hybridized carbons (Fsp3) is 0.591. The lowest BCUT2D eigenvalue weighted by molar-refractivity contribution is -0.129. The maximum Gasteiger partial charge on any atom is 0.249 e. The molecule has 1 aliphatic carbocycles. The first-order valence-electron chi connectivity index (χ1n) is 10.0. The van der Waals surface area contributed by atoms with E-state index in [9.17, 15) is 4.79 Å². The molecule has 2 aliphatic rings. The standard InChI is InChI=1S/C22H32N2O3/c1-23(14-12-17-10-11-20(26-2)21(15-17)27-3)19-9-6-13-24(16-19)22(25)18-7-4-5-8-18/h7,10-11,15,19H,4-6,8-9,12-14,16H2,1-3H3/t19-/m0/s1. The van der Waals surface area contributed by atoms with Gasteiger partial charge in [0.2, 0.25) is 5.91 Å². The van der Waals surface area contributed by atoms with Crippen LogP contribution in [0.25, 0.3) is 0 Å². The van der Waals surface area contributed by atoms with Gasteiger partial charge in [-0.2, -0.15) is 0 Å². The monoisotopic (exact) mass is 372 g/mol. The molecule has 0 unspecified atom stereocenters. The first-order valence-corrected chi connectivity index (χ1v) is 10.0. The van der Waals surface area contributed by atoms with E-state index >= 15 is 0 Å². The molecule has 1 amide bonds. The smallest absolute Gasteiger partial charge is 0.249 e. The zero-order chi connectivity index (χ0) is 19.2. The predicted octanol–water partition coefficient (Wildman–Crippen LogP) is 3.28. The largest absolute Gasteiger partial charge is 0.493 e. The minimum absolute atomic E-state index is 0.269. The van der Waals surface area contributed by atoms with Gasteiger partial charge in [-0.25, -0.2) is 0 Å². The molecule has 0 bridgehead atoms. The van der Waals surface area contributed by atoms with Crippen LogP contribution < -0.4 is 9.47 Å². The quantitative estimate of drug-likeness (QED) is 0.737. The molecule has 27 heavy (non-hydrogen) atoms. The zero-order valence-electron chi connectivity index (χ0n) is 16.9. The SMILES string of the molecule is COc1ccc(CCN(C)[C@H]2CCCN(C(=O)C3=CCCC3)C2)cc1OC. The molecule has 5 heteroatoms. The number of carbonyl (C=O) groups is 1. The Kier molecular flexibility index (Phi) is 6.78. The van der Waals surface area contributed by atoms with Gasteiger partial charge in [0.15, 0.2) is 11.5 Å². The lowest BCUT2D eigenvalue weighted by Crippen LogP contribution is -2.49. The summed E-state index contributed by atoms with van der Waals surface area (Å²) < 4.78 is 10.7. The van der Waals surface area contributed by atoms with Crippen molar-refractivity contribution in [2.75, 3.05) is 40.9 Å². The number of hydrogen-bond donors (Lipinski definition) is 0. The van der Waals surface area contributed by atoms with Crippen LogP contribution in [0.2, 0.25) is 0 Å². The van der Waals surface area contributed by atoms with Crippen molar-refractivity contribution in [3.05, 3.63) is 35.4 Å². The molecule has 1 aromatic rings. The highest BCUT2D eigenvalue weighted by atomic mass is 16.5. The van der Waals surface area contributed by atoms with Gasteiger partial charge in [-0.05, 0) is 63.3 Å². The van der Waals surface area contributed by atoms with Crippen LogP contribution in [0.5, 0.6) is 11.5 Å². The molecule has 1 atom stereocenters. The van der Waals surface area contributed by atoms with Crippen molar-refractivity contribution in [2.24, 2.45) is 0 Å². The van der Waals surface area contributed by atoms with Gasteiger partial charge in [-0.1, -0.05) is 12.1 Å². The fourth-order valence-corrected chi connectivity index (χ4v) is 4.09. The molecule has 0 N–H and O–H groups in total. The van der Waals surface area contributed by atoms with E-state index in [0.717, 1.165) is 75.2 Å². The molecule has 148 valence electrons. The van der Waals surface area contributed by atoms with Crippen LogP contribution in [-0.2, 0) is 11.2 Å². The maximum atomic E-state index is 12.7. The number of allylic oxidation sites excluding steroid dienone is 1. The Balaban J connectivity index is 1.54. The Bertz CT molecular complexity index is 686. The molecule has 0 aromatic heterocycles. The number of amides is 1. The van der Waals surface area contributed by atoms with Gasteiger partial charge in [0.25, 0.3) is 0 Å². The summed E-state index contributed by atoms with van der Waals surface area (Å²) in [7, 11) is 5.50. The molecule has 0 radical (unpaired) electrons. The Labute approximate surface area is 162 Å². The number of methoxy groups -OCH3 is 2. The molecule has 1 aromatic carbocycles. The van der Waals surface area contributed by atoms with Crippen LogP contribution in [0.15, 0.2) is 29.8 Å². The second kappa shape index (κ2) is 9.27. The Morgan fingerprint density at radius 2 is 2.04 bits per heavy atom. The van der Waals surface area contributed by atoms with Crippen LogP contribution in [0.3, 0.4) is 0 Å². The van der Waals surface area contributed by atoms with Crippen molar-refractivity contribution in [1.82, 2.24) is 9.80 Å². The molecule has 1 saturated heterocycles. The van der Waals surface area contributed by atoms with E-state index in [1.54, 1.807) is 14.2 Å². The predicted molar refractivity (Wildman–Crippen MR) is 107 cm³/mol. The zero-order valence-corrected chi connectivity index (χ0v) is 16.9. The number of likely N-dealkylation sites (N-methyl/N-ethyl adjacent to an activating group) is 1. The lowest BCUT2D eigenvalue weighted by Gasteiger charge is -2.38.